The maximum absolute atomic E-state index is 12.9. The molecule has 0 spiro atoms. The summed E-state index contributed by atoms with van der Waals surface area (Å²) in [5.74, 6) is -0.0907. The number of rotatable bonds is 3. The molecule has 124 valence electrons. The first kappa shape index (κ1) is 16.7. The van der Waals surface area contributed by atoms with Crippen LogP contribution in [-0.4, -0.2) is 39.6 Å². The van der Waals surface area contributed by atoms with Gasteiger partial charge in [0.2, 0.25) is 0 Å². The van der Waals surface area contributed by atoms with E-state index in [0.29, 0.717) is 47.2 Å². The highest BCUT2D eigenvalue weighted by Gasteiger charge is 2.33. The van der Waals surface area contributed by atoms with Crippen LogP contribution in [0.1, 0.15) is 47.0 Å². The van der Waals surface area contributed by atoms with Crippen LogP contribution in [0, 0.1) is 16.7 Å². The number of amides is 1. The maximum Gasteiger partial charge on any atom is 0.255 e. The first-order valence-electron chi connectivity index (χ1n) is 7.75. The van der Waals surface area contributed by atoms with Gasteiger partial charge in [-0.25, -0.2) is 4.98 Å². The third kappa shape index (κ3) is 2.94. The molecule has 0 radical (unpaired) electrons. The summed E-state index contributed by atoms with van der Waals surface area (Å²) in [5, 5.41) is 9.01. The molecule has 0 aromatic carbocycles. The maximum atomic E-state index is 12.9. The summed E-state index contributed by atoms with van der Waals surface area (Å²) in [4.78, 5) is 30.0. The van der Waals surface area contributed by atoms with Crippen LogP contribution in [0.2, 0.25) is 0 Å². The molecule has 1 amide bonds. The van der Waals surface area contributed by atoms with Gasteiger partial charge in [0, 0.05) is 25.7 Å². The first-order valence-corrected chi connectivity index (χ1v) is 8.55. The molecule has 2 aromatic rings. The highest BCUT2D eigenvalue weighted by molar-refractivity contribution is 9.10. The fourth-order valence-electron chi connectivity index (χ4n) is 3.27. The zero-order valence-electron chi connectivity index (χ0n) is 13.3. The number of fused-ring (bicyclic) bond motifs is 1. The van der Waals surface area contributed by atoms with E-state index < -0.39 is 0 Å². The predicted octanol–water partition coefficient (Wildman–Crippen LogP) is 3.07. The molecule has 1 fully saturated rings. The number of carbonyl (C=O) groups excluding carboxylic acids is 2. The third-order valence-electron chi connectivity index (χ3n) is 4.53. The number of pyridine rings is 1. The molecule has 0 aliphatic carbocycles. The van der Waals surface area contributed by atoms with Crippen LogP contribution in [0.4, 0.5) is 0 Å². The summed E-state index contributed by atoms with van der Waals surface area (Å²) in [6.45, 7) is 3.30. The number of imidazole rings is 1. The molecule has 0 bridgehead atoms. The van der Waals surface area contributed by atoms with Gasteiger partial charge < -0.3 is 4.90 Å². The average molecular weight is 389 g/mol. The van der Waals surface area contributed by atoms with Crippen molar-refractivity contribution in [3.05, 3.63) is 34.2 Å². The van der Waals surface area contributed by atoms with E-state index in [1.807, 2.05) is 0 Å². The number of halogens is 1. The lowest BCUT2D eigenvalue weighted by molar-refractivity contribution is 0.0558. The van der Waals surface area contributed by atoms with E-state index >= 15 is 0 Å². The van der Waals surface area contributed by atoms with Crippen LogP contribution in [0.5, 0.6) is 0 Å². The fourth-order valence-corrected chi connectivity index (χ4v) is 3.81. The zero-order valence-corrected chi connectivity index (χ0v) is 14.9. The molecule has 6 nitrogen and oxygen atoms in total. The summed E-state index contributed by atoms with van der Waals surface area (Å²) >= 11 is 3.42. The Bertz CT molecular complexity index is 854. The van der Waals surface area contributed by atoms with Crippen molar-refractivity contribution >= 4 is 33.8 Å². The Morgan fingerprint density at radius 2 is 2.38 bits per heavy atom. The van der Waals surface area contributed by atoms with Gasteiger partial charge in [-0.1, -0.05) is 6.92 Å². The first-order chi connectivity index (χ1) is 11.5. The summed E-state index contributed by atoms with van der Waals surface area (Å²) in [6, 6.07) is 3.96. The summed E-state index contributed by atoms with van der Waals surface area (Å²) in [6.07, 6.45) is 6.12. The number of carbonyl (C=O) groups is 2. The van der Waals surface area contributed by atoms with Gasteiger partial charge in [0.25, 0.3) is 5.91 Å². The van der Waals surface area contributed by atoms with Crippen molar-refractivity contribution in [2.24, 2.45) is 5.41 Å². The van der Waals surface area contributed by atoms with Gasteiger partial charge in [-0.3, -0.25) is 14.0 Å². The van der Waals surface area contributed by atoms with E-state index in [4.69, 9.17) is 5.26 Å². The van der Waals surface area contributed by atoms with Gasteiger partial charge >= 0.3 is 0 Å². The number of aromatic nitrogens is 2. The third-order valence-corrected chi connectivity index (χ3v) is 5.11. The van der Waals surface area contributed by atoms with Gasteiger partial charge in [-0.2, -0.15) is 5.26 Å². The molecule has 7 heteroatoms. The molecule has 2 aromatic heterocycles. The molecule has 1 aliphatic heterocycles. The van der Waals surface area contributed by atoms with Crippen LogP contribution in [-0.2, 0) is 0 Å². The standard InChI is InChI=1S/C17H17BrN4O2/c1-17(4-5-19)3-2-6-21(11-17)16(24)12-7-14(18)15-20-8-13(10-23)22(15)9-12/h7-10H,2-4,6,11H2,1H3. The van der Waals surface area contributed by atoms with Crippen LogP contribution in [0.15, 0.2) is 22.9 Å². The molecule has 0 saturated carbocycles. The van der Waals surface area contributed by atoms with Crippen molar-refractivity contribution in [1.29, 1.82) is 5.26 Å². The van der Waals surface area contributed by atoms with E-state index in [1.54, 1.807) is 21.6 Å². The highest BCUT2D eigenvalue weighted by Crippen LogP contribution is 2.33. The SMILES string of the molecule is CC1(CC#N)CCCN(C(=O)c2cc(Br)c3ncc(C=O)n3c2)C1. The van der Waals surface area contributed by atoms with E-state index in [-0.39, 0.29) is 11.3 Å². The lowest BCUT2D eigenvalue weighted by atomic mass is 9.79. The number of aldehydes is 1. The van der Waals surface area contributed by atoms with E-state index in [0.717, 1.165) is 12.8 Å². The van der Waals surface area contributed by atoms with E-state index in [1.165, 1.54) is 6.20 Å². The smallest absolute Gasteiger partial charge is 0.255 e. The van der Waals surface area contributed by atoms with Crippen LogP contribution < -0.4 is 0 Å². The Hall–Kier alpha value is -2.20. The van der Waals surface area contributed by atoms with E-state index in [9.17, 15) is 9.59 Å². The molecule has 3 heterocycles. The molecule has 1 unspecified atom stereocenters. The Morgan fingerprint density at radius 3 is 3.08 bits per heavy atom. The quantitative estimate of drug-likeness (QED) is 0.756. The Labute approximate surface area is 148 Å². The normalized spacial score (nSPS) is 20.8. The lowest BCUT2D eigenvalue weighted by Crippen LogP contribution is -2.44. The van der Waals surface area contributed by atoms with Gasteiger partial charge in [0.1, 0.15) is 5.69 Å². The minimum absolute atomic E-state index is 0.0907. The Morgan fingerprint density at radius 1 is 1.58 bits per heavy atom. The Kier molecular flexibility index (Phi) is 4.41. The second kappa shape index (κ2) is 6.36. The monoisotopic (exact) mass is 388 g/mol. The number of piperidine rings is 1. The topological polar surface area (TPSA) is 78.5 Å². The van der Waals surface area contributed by atoms with Crippen molar-refractivity contribution in [3.8, 4) is 6.07 Å². The number of nitriles is 1. The zero-order chi connectivity index (χ0) is 17.3. The number of nitrogens with zero attached hydrogens (tertiary/aromatic N) is 4. The molecule has 1 saturated heterocycles. The largest absolute Gasteiger partial charge is 0.338 e. The second-order valence-electron chi connectivity index (χ2n) is 6.55. The van der Waals surface area contributed by atoms with Crippen molar-refractivity contribution in [2.45, 2.75) is 26.2 Å². The highest BCUT2D eigenvalue weighted by atomic mass is 79.9. The molecular weight excluding hydrogens is 372 g/mol. The Balaban J connectivity index is 1.94. The van der Waals surface area contributed by atoms with Gasteiger partial charge in [-0.05, 0) is 40.3 Å². The van der Waals surface area contributed by atoms with Crippen molar-refractivity contribution in [3.63, 3.8) is 0 Å². The second-order valence-corrected chi connectivity index (χ2v) is 7.40. The van der Waals surface area contributed by atoms with Gasteiger partial charge in [0.15, 0.2) is 11.9 Å². The molecule has 3 rings (SSSR count). The van der Waals surface area contributed by atoms with Gasteiger partial charge in [-0.15, -0.1) is 0 Å². The number of likely N-dealkylation sites (tertiary alicyclic amines) is 1. The summed E-state index contributed by atoms with van der Waals surface area (Å²) in [5.41, 5.74) is 1.33. The number of hydrogen-bond acceptors (Lipinski definition) is 4. The van der Waals surface area contributed by atoms with Crippen LogP contribution in [0.25, 0.3) is 5.65 Å². The lowest BCUT2D eigenvalue weighted by Gasteiger charge is -2.39. The average Bonchev–Trinajstić information content (AvgIpc) is 2.97. The predicted molar refractivity (Wildman–Crippen MR) is 91.8 cm³/mol. The molecular formula is C17H17BrN4O2. The fraction of sp³-hybridized carbons (Fsp3) is 0.412. The summed E-state index contributed by atoms with van der Waals surface area (Å²) < 4.78 is 2.28. The molecule has 24 heavy (non-hydrogen) atoms. The summed E-state index contributed by atoms with van der Waals surface area (Å²) in [7, 11) is 0. The molecule has 1 aliphatic rings. The van der Waals surface area contributed by atoms with E-state index in [2.05, 4.69) is 33.9 Å². The van der Waals surface area contributed by atoms with Gasteiger partial charge in [0.05, 0.1) is 22.3 Å². The number of hydrogen-bond donors (Lipinski definition) is 0. The molecule has 1 atom stereocenters. The minimum Gasteiger partial charge on any atom is -0.338 e. The van der Waals surface area contributed by atoms with Crippen molar-refractivity contribution < 1.29 is 9.59 Å². The van der Waals surface area contributed by atoms with Crippen LogP contribution >= 0.6 is 15.9 Å². The van der Waals surface area contributed by atoms with Crippen LogP contribution in [0.3, 0.4) is 0 Å². The van der Waals surface area contributed by atoms with Crippen molar-refractivity contribution in [1.82, 2.24) is 14.3 Å². The minimum atomic E-state index is -0.160. The molecule has 0 N–H and O–H groups in total. The van der Waals surface area contributed by atoms with Crippen molar-refractivity contribution in [2.75, 3.05) is 13.1 Å².